The first-order valence-corrected chi connectivity index (χ1v) is 11.1. The van der Waals surface area contributed by atoms with E-state index in [-0.39, 0.29) is 11.9 Å². The molecule has 1 aromatic heterocycles. The zero-order chi connectivity index (χ0) is 22.9. The summed E-state index contributed by atoms with van der Waals surface area (Å²) in [5, 5.41) is 7.19. The van der Waals surface area contributed by atoms with E-state index in [2.05, 4.69) is 49.9 Å². The number of amides is 1. The van der Waals surface area contributed by atoms with Gasteiger partial charge in [-0.15, -0.1) is 0 Å². The molecule has 1 unspecified atom stereocenters. The van der Waals surface area contributed by atoms with Crippen molar-refractivity contribution in [3.8, 4) is 11.1 Å². The molecule has 8 nitrogen and oxygen atoms in total. The Hall–Kier alpha value is -3.78. The number of nitrogens with zero attached hydrogens (tertiary/aromatic N) is 3. The highest BCUT2D eigenvalue weighted by atomic mass is 16.1. The van der Waals surface area contributed by atoms with Gasteiger partial charge in [0.25, 0.3) is 5.91 Å². The summed E-state index contributed by atoms with van der Waals surface area (Å²) in [5.41, 5.74) is 5.36. The van der Waals surface area contributed by atoms with Crippen LogP contribution in [0.5, 0.6) is 0 Å². The Bertz CT molecular complexity index is 1390. The Kier molecular flexibility index (Phi) is 5.51. The molecule has 2 heterocycles. The molecule has 0 radical (unpaired) electrons. The van der Waals surface area contributed by atoms with Crippen LogP contribution in [-0.2, 0) is 0 Å². The summed E-state index contributed by atoms with van der Waals surface area (Å²) in [5.74, 6) is 0.509. The van der Waals surface area contributed by atoms with Crippen LogP contribution in [0.3, 0.4) is 0 Å². The van der Waals surface area contributed by atoms with Crippen LogP contribution in [0.25, 0.3) is 17.2 Å². The normalized spacial score (nSPS) is 15.7. The number of H-pyrrole nitrogens is 1. The highest BCUT2D eigenvalue weighted by molar-refractivity contribution is 5.94. The zero-order valence-corrected chi connectivity index (χ0v) is 18.7. The maximum atomic E-state index is 12.3. The summed E-state index contributed by atoms with van der Waals surface area (Å²) < 4.78 is 0. The van der Waals surface area contributed by atoms with Crippen LogP contribution in [0.4, 0.5) is 5.82 Å². The number of aromatic nitrogens is 2. The molecule has 2 aromatic carbocycles. The zero-order valence-electron chi connectivity index (χ0n) is 18.7. The molecule has 0 bridgehead atoms. The van der Waals surface area contributed by atoms with E-state index in [1.54, 1.807) is 0 Å². The van der Waals surface area contributed by atoms with E-state index in [1.165, 1.54) is 11.1 Å². The van der Waals surface area contributed by atoms with Crippen LogP contribution < -0.4 is 27.0 Å². The van der Waals surface area contributed by atoms with E-state index in [9.17, 15) is 9.59 Å². The van der Waals surface area contributed by atoms with Gasteiger partial charge in [0, 0.05) is 25.2 Å². The average molecular weight is 443 g/mol. The number of benzene rings is 2. The molecule has 1 atom stereocenters. The lowest BCUT2D eigenvalue weighted by Crippen LogP contribution is -2.40. The van der Waals surface area contributed by atoms with Crippen molar-refractivity contribution in [3.63, 3.8) is 0 Å². The third kappa shape index (κ3) is 4.42. The van der Waals surface area contributed by atoms with Crippen molar-refractivity contribution in [1.82, 2.24) is 20.2 Å². The molecule has 0 spiro atoms. The second kappa shape index (κ2) is 8.63. The quantitative estimate of drug-likeness (QED) is 0.508. The maximum absolute atomic E-state index is 12.3. The molecule has 2 aliphatic rings. The Morgan fingerprint density at radius 1 is 1.12 bits per heavy atom. The van der Waals surface area contributed by atoms with Crippen LogP contribution in [0, 0.1) is 0 Å². The molecule has 5 rings (SSSR count). The van der Waals surface area contributed by atoms with E-state index in [0.29, 0.717) is 30.0 Å². The van der Waals surface area contributed by atoms with Crippen molar-refractivity contribution < 1.29 is 4.79 Å². The largest absolute Gasteiger partial charge is 0.358 e. The molecule has 0 fully saturated rings. The molecule has 168 valence electrons. The molecule has 3 aromatic rings. The Morgan fingerprint density at radius 3 is 2.70 bits per heavy atom. The monoisotopic (exact) mass is 442 g/mol. The third-order valence-electron chi connectivity index (χ3n) is 5.93. The number of hydrogen-bond acceptors (Lipinski definition) is 6. The van der Waals surface area contributed by atoms with Crippen LogP contribution >= 0.6 is 0 Å². The highest BCUT2D eigenvalue weighted by Gasteiger charge is 2.33. The molecule has 8 heteroatoms. The van der Waals surface area contributed by atoms with Gasteiger partial charge in [-0.25, -0.2) is 4.79 Å². The van der Waals surface area contributed by atoms with E-state index in [1.807, 2.05) is 43.3 Å². The molecule has 1 aliphatic heterocycles. The van der Waals surface area contributed by atoms with E-state index in [4.69, 9.17) is 0 Å². The van der Waals surface area contributed by atoms with Crippen LogP contribution in [0.2, 0.25) is 0 Å². The lowest BCUT2D eigenvalue weighted by molar-refractivity contribution is 0.0951. The number of anilines is 1. The summed E-state index contributed by atoms with van der Waals surface area (Å²) in [7, 11) is 3.95. The molecule has 0 saturated carbocycles. The highest BCUT2D eigenvalue weighted by Crippen LogP contribution is 2.44. The molecule has 1 amide bonds. The van der Waals surface area contributed by atoms with Gasteiger partial charge >= 0.3 is 5.69 Å². The van der Waals surface area contributed by atoms with Crippen LogP contribution in [-0.4, -0.2) is 54.5 Å². The van der Waals surface area contributed by atoms with E-state index in [0.717, 1.165) is 29.3 Å². The van der Waals surface area contributed by atoms with Crippen molar-refractivity contribution in [2.24, 2.45) is 4.99 Å². The minimum atomic E-state index is -0.397. The smallest absolute Gasteiger partial charge is 0.348 e. The Morgan fingerprint density at radius 2 is 1.91 bits per heavy atom. The molecule has 1 aliphatic carbocycles. The predicted molar refractivity (Wildman–Crippen MR) is 128 cm³/mol. The first kappa shape index (κ1) is 21.1. The van der Waals surface area contributed by atoms with Crippen molar-refractivity contribution in [2.45, 2.75) is 12.5 Å². The maximum Gasteiger partial charge on any atom is 0.348 e. The average Bonchev–Trinajstić information content (AvgIpc) is 3.50. The fourth-order valence-corrected chi connectivity index (χ4v) is 4.08. The molecule has 33 heavy (non-hydrogen) atoms. The number of nitrogens with one attached hydrogen (secondary N) is 3. The molecule has 0 saturated heterocycles. The van der Waals surface area contributed by atoms with Gasteiger partial charge in [-0.2, -0.15) is 4.98 Å². The fourth-order valence-electron chi connectivity index (χ4n) is 4.08. The van der Waals surface area contributed by atoms with Gasteiger partial charge in [0.05, 0.1) is 11.3 Å². The first-order valence-electron chi connectivity index (χ1n) is 11.1. The minimum Gasteiger partial charge on any atom is -0.358 e. The van der Waals surface area contributed by atoms with Gasteiger partial charge in [-0.05, 0) is 61.0 Å². The van der Waals surface area contributed by atoms with E-state index < -0.39 is 5.69 Å². The van der Waals surface area contributed by atoms with E-state index >= 15 is 0 Å². The first-order chi connectivity index (χ1) is 16.0. The van der Waals surface area contributed by atoms with Gasteiger partial charge in [0.15, 0.2) is 0 Å². The van der Waals surface area contributed by atoms with Gasteiger partial charge < -0.3 is 15.5 Å². The topological polar surface area (TPSA) is 102 Å². The third-order valence-corrected chi connectivity index (χ3v) is 5.93. The lowest BCUT2D eigenvalue weighted by Gasteiger charge is -2.10. The fraction of sp³-hybridized carbons (Fsp3) is 0.280. The number of fused-ring (bicyclic) bond motifs is 2. The molecular formula is C25H26N6O2. The Labute approximate surface area is 191 Å². The number of carbonyl (C=O) groups is 1. The van der Waals surface area contributed by atoms with Gasteiger partial charge in [0.2, 0.25) is 0 Å². The second-order valence-corrected chi connectivity index (χ2v) is 8.58. The summed E-state index contributed by atoms with van der Waals surface area (Å²) >= 11 is 0. The van der Waals surface area contributed by atoms with Crippen molar-refractivity contribution in [2.75, 3.05) is 39.0 Å². The summed E-state index contributed by atoms with van der Waals surface area (Å²) in [4.78, 5) is 37.5. The lowest BCUT2D eigenvalue weighted by atomic mass is 10.0. The Balaban J connectivity index is 1.30. The molecular weight excluding hydrogens is 416 g/mol. The summed E-state index contributed by atoms with van der Waals surface area (Å²) in [6.07, 6.45) is 2.89. The number of carbonyl (C=O) groups excluding carboxylic acids is 1. The van der Waals surface area contributed by atoms with Crippen molar-refractivity contribution in [3.05, 3.63) is 80.3 Å². The standard InChI is InChI=1S/C25H26N6O2/c1-31(2)13-12-27-24(32)16-7-5-15(6-8-16)17-9-10-18-20(14-17)21(18)28-23-19-4-3-11-26-22(19)29-25(33)30-23/h4-10,14,21H,3,11-13H2,1-2H3,(H,27,32)(H2,26,28,29,30,33). The number of likely N-dealkylation sites (N-methyl/N-ethyl adjacent to an activating group) is 1. The number of aromatic amines is 1. The predicted octanol–water partition coefficient (Wildman–Crippen LogP) is 1.05. The van der Waals surface area contributed by atoms with Gasteiger partial charge in [-0.3, -0.25) is 14.8 Å². The summed E-state index contributed by atoms with van der Waals surface area (Å²) in [6, 6.07) is 14.0. The summed E-state index contributed by atoms with van der Waals surface area (Å²) in [6.45, 7) is 2.09. The number of rotatable bonds is 7. The SMILES string of the molecule is CN(C)CCNC(=O)c1ccc(-c2ccc3c(c2)C3Nc2nc(=O)[nH]c3c2=CCCN=3)cc1. The molecule has 3 N–H and O–H groups in total. The van der Waals surface area contributed by atoms with Gasteiger partial charge in [0.1, 0.15) is 11.3 Å². The number of hydrogen-bond donors (Lipinski definition) is 3. The second-order valence-electron chi connectivity index (χ2n) is 8.58. The van der Waals surface area contributed by atoms with Crippen molar-refractivity contribution in [1.29, 1.82) is 0 Å². The van der Waals surface area contributed by atoms with Gasteiger partial charge in [-0.1, -0.05) is 30.3 Å². The minimum absolute atomic E-state index is 0.0363. The van der Waals surface area contributed by atoms with Crippen molar-refractivity contribution >= 4 is 17.8 Å². The van der Waals surface area contributed by atoms with Crippen LogP contribution in [0.1, 0.15) is 33.9 Å². The van der Waals surface area contributed by atoms with Crippen LogP contribution in [0.15, 0.2) is 52.3 Å².